The van der Waals surface area contributed by atoms with E-state index in [2.05, 4.69) is 26.0 Å². The second kappa shape index (κ2) is 8.70. The van der Waals surface area contributed by atoms with Crippen LogP contribution in [-0.2, 0) is 11.2 Å². The molecule has 0 aliphatic carbocycles. The van der Waals surface area contributed by atoms with Crippen molar-refractivity contribution in [1.29, 1.82) is 0 Å². The van der Waals surface area contributed by atoms with Crippen LogP contribution in [0.1, 0.15) is 47.7 Å². The van der Waals surface area contributed by atoms with Crippen LogP contribution >= 0.6 is 11.6 Å². The summed E-state index contributed by atoms with van der Waals surface area (Å²) in [4.78, 5) is 14.7. The Bertz CT molecular complexity index is 725. The van der Waals surface area contributed by atoms with Crippen molar-refractivity contribution in [2.45, 2.75) is 38.7 Å². The highest BCUT2D eigenvalue weighted by Gasteiger charge is 2.25. The molecule has 0 bridgehead atoms. The fraction of sp³-hybridized carbons (Fsp3) is 0.409. The molecule has 1 aliphatic heterocycles. The molecule has 1 heterocycles. The van der Waals surface area contributed by atoms with Crippen LogP contribution in [0, 0.1) is 0 Å². The molecule has 1 aliphatic rings. The highest BCUT2D eigenvalue weighted by Crippen LogP contribution is 2.19. The van der Waals surface area contributed by atoms with E-state index >= 15 is 0 Å². The summed E-state index contributed by atoms with van der Waals surface area (Å²) in [6.45, 7) is 6.22. The number of rotatable bonds is 5. The molecule has 2 aromatic rings. The molecule has 1 unspecified atom stereocenters. The van der Waals surface area contributed by atoms with Crippen LogP contribution < -0.4 is 0 Å². The average Bonchev–Trinajstić information content (AvgIpc) is 2.67. The SMILES string of the molecule is CC(C)c1ccc(C(=O)N2CCOC(CCc3ccc(Cl)cc3)C2)cc1. The molecule has 2 aromatic carbocycles. The maximum Gasteiger partial charge on any atom is 0.254 e. The number of ether oxygens (including phenoxy) is 1. The lowest BCUT2D eigenvalue weighted by Crippen LogP contribution is -2.45. The molecule has 3 nitrogen and oxygen atoms in total. The lowest BCUT2D eigenvalue weighted by Gasteiger charge is -2.33. The number of carbonyl (C=O) groups excluding carboxylic acids is 1. The Labute approximate surface area is 160 Å². The Morgan fingerprint density at radius 2 is 1.85 bits per heavy atom. The van der Waals surface area contributed by atoms with Gasteiger partial charge in [-0.1, -0.05) is 49.7 Å². The third kappa shape index (κ3) is 4.87. The van der Waals surface area contributed by atoms with Crippen molar-refractivity contribution in [3.8, 4) is 0 Å². The van der Waals surface area contributed by atoms with Gasteiger partial charge in [0.2, 0.25) is 0 Å². The predicted octanol–water partition coefficient (Wildman–Crippen LogP) is 4.94. The molecule has 4 heteroatoms. The molecule has 0 aromatic heterocycles. The topological polar surface area (TPSA) is 29.5 Å². The van der Waals surface area contributed by atoms with Gasteiger partial charge in [0.1, 0.15) is 0 Å². The van der Waals surface area contributed by atoms with Crippen LogP contribution in [0.15, 0.2) is 48.5 Å². The maximum absolute atomic E-state index is 12.8. The number of hydrogen-bond donors (Lipinski definition) is 0. The molecule has 1 fully saturated rings. The van der Waals surface area contributed by atoms with Gasteiger partial charge in [0.15, 0.2) is 0 Å². The number of halogens is 1. The fourth-order valence-corrected chi connectivity index (χ4v) is 3.38. The summed E-state index contributed by atoms with van der Waals surface area (Å²) in [7, 11) is 0. The molecular weight excluding hydrogens is 346 g/mol. The first-order valence-corrected chi connectivity index (χ1v) is 9.66. The molecule has 1 atom stereocenters. The summed E-state index contributed by atoms with van der Waals surface area (Å²) in [5.41, 5.74) is 3.25. The summed E-state index contributed by atoms with van der Waals surface area (Å²) >= 11 is 5.93. The van der Waals surface area contributed by atoms with Gasteiger partial charge in [0, 0.05) is 23.7 Å². The molecule has 0 spiro atoms. The fourth-order valence-electron chi connectivity index (χ4n) is 3.25. The van der Waals surface area contributed by atoms with Crippen LogP contribution in [0.25, 0.3) is 0 Å². The second-order valence-corrected chi connectivity index (χ2v) is 7.62. The van der Waals surface area contributed by atoms with Crippen LogP contribution in [-0.4, -0.2) is 36.6 Å². The smallest absolute Gasteiger partial charge is 0.254 e. The van der Waals surface area contributed by atoms with Gasteiger partial charge in [-0.25, -0.2) is 0 Å². The minimum absolute atomic E-state index is 0.0818. The molecule has 138 valence electrons. The first kappa shape index (κ1) is 18.9. The predicted molar refractivity (Wildman–Crippen MR) is 106 cm³/mol. The number of hydrogen-bond acceptors (Lipinski definition) is 2. The van der Waals surface area contributed by atoms with Crippen molar-refractivity contribution in [3.63, 3.8) is 0 Å². The number of aryl methyl sites for hydroxylation is 1. The van der Waals surface area contributed by atoms with Crippen molar-refractivity contribution >= 4 is 17.5 Å². The van der Waals surface area contributed by atoms with E-state index < -0.39 is 0 Å². The zero-order valence-electron chi connectivity index (χ0n) is 15.5. The first-order valence-electron chi connectivity index (χ1n) is 9.28. The number of amides is 1. The van der Waals surface area contributed by atoms with E-state index in [9.17, 15) is 4.79 Å². The summed E-state index contributed by atoms with van der Waals surface area (Å²) in [6, 6.07) is 15.9. The van der Waals surface area contributed by atoms with Gasteiger partial charge in [0.05, 0.1) is 12.7 Å². The van der Waals surface area contributed by atoms with Crippen molar-refractivity contribution in [2.24, 2.45) is 0 Å². The number of nitrogens with zero attached hydrogens (tertiary/aromatic N) is 1. The number of carbonyl (C=O) groups is 1. The van der Waals surface area contributed by atoms with Gasteiger partial charge in [-0.2, -0.15) is 0 Å². The van der Waals surface area contributed by atoms with Gasteiger partial charge in [-0.3, -0.25) is 4.79 Å². The Balaban J connectivity index is 1.57. The minimum atomic E-state index is 0.0818. The Hall–Kier alpha value is -1.84. The van der Waals surface area contributed by atoms with Gasteiger partial charge in [-0.15, -0.1) is 0 Å². The van der Waals surface area contributed by atoms with Crippen molar-refractivity contribution in [3.05, 3.63) is 70.2 Å². The third-order valence-corrected chi connectivity index (χ3v) is 5.17. The average molecular weight is 372 g/mol. The van der Waals surface area contributed by atoms with Gasteiger partial charge in [-0.05, 0) is 54.2 Å². The summed E-state index contributed by atoms with van der Waals surface area (Å²) in [5.74, 6) is 0.569. The quantitative estimate of drug-likeness (QED) is 0.745. The van der Waals surface area contributed by atoms with Crippen LogP contribution in [0.3, 0.4) is 0 Å². The molecule has 0 N–H and O–H groups in total. The monoisotopic (exact) mass is 371 g/mol. The van der Waals surface area contributed by atoms with Crippen LogP contribution in [0.5, 0.6) is 0 Å². The summed E-state index contributed by atoms with van der Waals surface area (Å²) in [5, 5.41) is 0.753. The van der Waals surface area contributed by atoms with Gasteiger partial charge >= 0.3 is 0 Å². The highest BCUT2D eigenvalue weighted by atomic mass is 35.5. The summed E-state index contributed by atoms with van der Waals surface area (Å²) < 4.78 is 5.87. The normalized spacial score (nSPS) is 17.5. The lowest BCUT2D eigenvalue weighted by atomic mass is 10.0. The Morgan fingerprint density at radius 1 is 1.15 bits per heavy atom. The van der Waals surface area contributed by atoms with E-state index in [1.54, 1.807) is 0 Å². The third-order valence-electron chi connectivity index (χ3n) is 4.92. The van der Waals surface area contributed by atoms with E-state index in [-0.39, 0.29) is 12.0 Å². The molecule has 0 saturated carbocycles. The second-order valence-electron chi connectivity index (χ2n) is 7.19. The van der Waals surface area contributed by atoms with Gasteiger partial charge in [0.25, 0.3) is 5.91 Å². The van der Waals surface area contributed by atoms with Crippen molar-refractivity contribution in [2.75, 3.05) is 19.7 Å². The largest absolute Gasteiger partial charge is 0.375 e. The lowest BCUT2D eigenvalue weighted by molar-refractivity contribution is -0.0246. The molecule has 26 heavy (non-hydrogen) atoms. The molecule has 0 radical (unpaired) electrons. The standard InChI is InChI=1S/C22H26ClNO2/c1-16(2)18-6-8-19(9-7-18)22(25)24-13-14-26-21(15-24)12-5-17-3-10-20(23)11-4-17/h3-4,6-11,16,21H,5,12-15H2,1-2H3. The summed E-state index contributed by atoms with van der Waals surface area (Å²) in [6.07, 6.45) is 1.91. The number of benzene rings is 2. The van der Waals surface area contributed by atoms with Gasteiger partial charge < -0.3 is 9.64 Å². The molecule has 1 amide bonds. The molecule has 3 rings (SSSR count). The highest BCUT2D eigenvalue weighted by molar-refractivity contribution is 6.30. The van der Waals surface area contributed by atoms with E-state index in [4.69, 9.17) is 16.3 Å². The van der Waals surface area contributed by atoms with Crippen LogP contribution in [0.2, 0.25) is 5.02 Å². The zero-order valence-corrected chi connectivity index (χ0v) is 16.2. The van der Waals surface area contributed by atoms with E-state index in [0.717, 1.165) is 23.4 Å². The number of morpholine rings is 1. The van der Waals surface area contributed by atoms with Crippen molar-refractivity contribution in [1.82, 2.24) is 4.90 Å². The van der Waals surface area contributed by atoms with E-state index in [0.29, 0.717) is 25.6 Å². The maximum atomic E-state index is 12.8. The molecular formula is C22H26ClNO2. The molecule has 1 saturated heterocycles. The zero-order chi connectivity index (χ0) is 18.5. The Kier molecular flexibility index (Phi) is 6.33. The van der Waals surface area contributed by atoms with E-state index in [1.807, 2.05) is 41.3 Å². The van der Waals surface area contributed by atoms with Crippen LogP contribution in [0.4, 0.5) is 0 Å². The van der Waals surface area contributed by atoms with E-state index in [1.165, 1.54) is 11.1 Å². The van der Waals surface area contributed by atoms with Crippen molar-refractivity contribution < 1.29 is 9.53 Å². The first-order chi connectivity index (χ1) is 12.5. The minimum Gasteiger partial charge on any atom is -0.375 e. The Morgan fingerprint density at radius 3 is 2.50 bits per heavy atom.